The van der Waals surface area contributed by atoms with Crippen molar-refractivity contribution in [2.24, 2.45) is 0 Å². The van der Waals surface area contributed by atoms with E-state index in [-0.39, 0.29) is 16.9 Å². The van der Waals surface area contributed by atoms with Crippen molar-refractivity contribution in [3.8, 4) is 11.5 Å². The summed E-state index contributed by atoms with van der Waals surface area (Å²) in [5.74, 6) is 1.42. The smallest absolute Gasteiger partial charge is 0.163 e. The first-order valence-electron chi connectivity index (χ1n) is 10.9. The van der Waals surface area contributed by atoms with Crippen LogP contribution in [-0.2, 0) is 9.53 Å². The summed E-state index contributed by atoms with van der Waals surface area (Å²) in [5, 5.41) is 3.91. The van der Waals surface area contributed by atoms with E-state index in [9.17, 15) is 9.18 Å². The second-order valence-corrected chi connectivity index (χ2v) is 8.20. The van der Waals surface area contributed by atoms with Crippen LogP contribution in [0.25, 0.3) is 10.9 Å². The summed E-state index contributed by atoms with van der Waals surface area (Å²) in [6, 6.07) is 8.00. The van der Waals surface area contributed by atoms with Crippen LogP contribution < -0.4 is 14.8 Å². The summed E-state index contributed by atoms with van der Waals surface area (Å²) < 4.78 is 29.9. The highest BCUT2D eigenvalue weighted by Gasteiger charge is 2.29. The van der Waals surface area contributed by atoms with Gasteiger partial charge in [-0.05, 0) is 37.1 Å². The lowest BCUT2D eigenvalue weighted by Crippen LogP contribution is -2.05. The van der Waals surface area contributed by atoms with E-state index in [1.165, 1.54) is 18.5 Å². The van der Waals surface area contributed by atoms with Gasteiger partial charge in [0.2, 0.25) is 0 Å². The van der Waals surface area contributed by atoms with Gasteiger partial charge in [-0.15, -0.1) is 0 Å². The molecule has 9 heteroatoms. The lowest BCUT2D eigenvalue weighted by Gasteiger charge is -2.14. The summed E-state index contributed by atoms with van der Waals surface area (Å²) in [6.07, 6.45) is 5.55. The van der Waals surface area contributed by atoms with Gasteiger partial charge in [0.1, 0.15) is 24.1 Å². The van der Waals surface area contributed by atoms with Gasteiger partial charge in [-0.2, -0.15) is 0 Å². The molecule has 1 aliphatic rings. The van der Waals surface area contributed by atoms with E-state index in [1.54, 1.807) is 19.2 Å². The normalized spacial score (nSPS) is 14.8. The van der Waals surface area contributed by atoms with Crippen molar-refractivity contribution in [1.82, 2.24) is 9.97 Å². The minimum atomic E-state index is -0.487. The van der Waals surface area contributed by atoms with Crippen molar-refractivity contribution < 1.29 is 23.4 Å². The molecule has 7 nitrogen and oxygen atoms in total. The summed E-state index contributed by atoms with van der Waals surface area (Å²) in [4.78, 5) is 20.3. The Bertz CT molecular complexity index is 1140. The zero-order chi connectivity index (χ0) is 23.2. The Morgan fingerprint density at radius 3 is 2.76 bits per heavy atom. The molecule has 4 rings (SSSR count). The molecule has 1 aliphatic heterocycles. The monoisotopic (exact) mass is 473 g/mol. The molecule has 2 heterocycles. The molecule has 1 unspecified atom stereocenters. The molecule has 1 aromatic heterocycles. The number of benzene rings is 2. The number of nitrogens with one attached hydrogen (secondary N) is 1. The van der Waals surface area contributed by atoms with Crippen LogP contribution in [0, 0.1) is 5.82 Å². The highest BCUT2D eigenvalue weighted by Crippen LogP contribution is 2.35. The van der Waals surface area contributed by atoms with Crippen LogP contribution in [0.15, 0.2) is 36.7 Å². The van der Waals surface area contributed by atoms with Gasteiger partial charge in [0.25, 0.3) is 0 Å². The third-order valence-electron chi connectivity index (χ3n) is 5.37. The lowest BCUT2D eigenvalue weighted by atomic mass is 10.1. The van der Waals surface area contributed by atoms with Crippen molar-refractivity contribution in [3.63, 3.8) is 0 Å². The second-order valence-electron chi connectivity index (χ2n) is 7.80. The van der Waals surface area contributed by atoms with Gasteiger partial charge in [0.15, 0.2) is 17.3 Å². The summed E-state index contributed by atoms with van der Waals surface area (Å²) in [5.41, 5.74) is 1.28. The SMILES string of the molecule is COc1cc2ncnc(Nc3ccc(F)c(Cl)c3)c2cc1OCCCCCCC(=O)C1CO1. The second kappa shape index (κ2) is 10.8. The lowest BCUT2D eigenvalue weighted by molar-refractivity contribution is -0.120. The van der Waals surface area contributed by atoms with E-state index in [1.807, 2.05) is 6.07 Å². The number of anilines is 2. The number of carbonyl (C=O) groups is 1. The van der Waals surface area contributed by atoms with Crippen molar-refractivity contribution in [3.05, 3.63) is 47.5 Å². The number of ether oxygens (including phenoxy) is 3. The van der Waals surface area contributed by atoms with Gasteiger partial charge < -0.3 is 19.5 Å². The fraction of sp³-hybridized carbons (Fsp3) is 0.375. The van der Waals surface area contributed by atoms with Gasteiger partial charge in [-0.3, -0.25) is 4.79 Å². The van der Waals surface area contributed by atoms with E-state index in [2.05, 4.69) is 15.3 Å². The molecule has 1 saturated heterocycles. The van der Waals surface area contributed by atoms with E-state index in [4.69, 9.17) is 25.8 Å². The maximum Gasteiger partial charge on any atom is 0.163 e. The molecule has 174 valence electrons. The first-order valence-corrected chi connectivity index (χ1v) is 11.2. The molecule has 2 aromatic carbocycles. The predicted octanol–water partition coefficient (Wildman–Crippen LogP) is 5.47. The van der Waals surface area contributed by atoms with Crippen LogP contribution >= 0.6 is 11.6 Å². The molecule has 3 aromatic rings. The maximum atomic E-state index is 13.5. The number of ketones is 1. The number of unbranched alkanes of at least 4 members (excludes halogenated alkanes) is 3. The summed E-state index contributed by atoms with van der Waals surface area (Å²) in [6.45, 7) is 1.10. The first kappa shape index (κ1) is 23.2. The summed E-state index contributed by atoms with van der Waals surface area (Å²) in [7, 11) is 1.58. The topological polar surface area (TPSA) is 85.9 Å². The Morgan fingerprint density at radius 2 is 2.00 bits per heavy atom. The van der Waals surface area contributed by atoms with Gasteiger partial charge in [-0.25, -0.2) is 14.4 Å². The van der Waals surface area contributed by atoms with Gasteiger partial charge >= 0.3 is 0 Å². The molecule has 0 aliphatic carbocycles. The highest BCUT2D eigenvalue weighted by molar-refractivity contribution is 6.31. The van der Waals surface area contributed by atoms with Gasteiger partial charge in [0.05, 0.1) is 30.9 Å². The molecule has 0 radical (unpaired) electrons. The van der Waals surface area contributed by atoms with Crippen LogP contribution in [0.4, 0.5) is 15.9 Å². The number of halogens is 2. The number of carbonyl (C=O) groups excluding carboxylic acids is 1. The average Bonchev–Trinajstić information content (AvgIpc) is 3.66. The van der Waals surface area contributed by atoms with Crippen LogP contribution in [0.3, 0.4) is 0 Å². The Morgan fingerprint density at radius 1 is 1.18 bits per heavy atom. The number of aromatic nitrogens is 2. The molecule has 0 spiro atoms. The quantitative estimate of drug-likeness (QED) is 0.275. The Labute approximate surface area is 196 Å². The van der Waals surface area contributed by atoms with Crippen molar-refractivity contribution in [2.45, 2.75) is 38.2 Å². The van der Waals surface area contributed by atoms with Crippen molar-refractivity contribution in [2.75, 3.05) is 25.6 Å². The molecule has 0 amide bonds. The number of rotatable bonds is 12. The Hall–Kier alpha value is -2.97. The average molecular weight is 474 g/mol. The van der Waals surface area contributed by atoms with Gasteiger partial charge in [0, 0.05) is 23.6 Å². The standard InChI is InChI=1S/C24H25ClFN3O4/c1-31-21-12-19-16(24(28-14-27-19)29-15-7-8-18(26)17(25)10-15)11-22(21)32-9-5-3-2-4-6-20(30)23-13-33-23/h7-8,10-12,14,23H,2-6,9,13H2,1H3,(H,27,28,29). The highest BCUT2D eigenvalue weighted by atomic mass is 35.5. The first-order chi connectivity index (χ1) is 16.0. The molecule has 33 heavy (non-hydrogen) atoms. The largest absolute Gasteiger partial charge is 0.493 e. The minimum Gasteiger partial charge on any atom is -0.493 e. The predicted molar refractivity (Wildman–Crippen MR) is 124 cm³/mol. The van der Waals surface area contributed by atoms with Gasteiger partial charge in [-0.1, -0.05) is 24.4 Å². The van der Waals surface area contributed by atoms with Crippen LogP contribution in [0.5, 0.6) is 11.5 Å². The number of methoxy groups -OCH3 is 1. The van der Waals surface area contributed by atoms with Crippen LogP contribution in [0.2, 0.25) is 5.02 Å². The zero-order valence-corrected chi connectivity index (χ0v) is 19.0. The Kier molecular flexibility index (Phi) is 7.57. The number of hydrogen-bond donors (Lipinski definition) is 1. The van der Waals surface area contributed by atoms with Crippen molar-refractivity contribution >= 4 is 39.8 Å². The molecular formula is C24H25ClFN3O4. The summed E-state index contributed by atoms with van der Waals surface area (Å²) >= 11 is 5.89. The molecule has 1 fully saturated rings. The van der Waals surface area contributed by atoms with E-state index in [0.717, 1.165) is 31.1 Å². The molecule has 1 atom stereocenters. The fourth-order valence-corrected chi connectivity index (χ4v) is 3.66. The molecule has 0 saturated carbocycles. The third-order valence-corrected chi connectivity index (χ3v) is 5.66. The van der Waals surface area contributed by atoms with E-state index in [0.29, 0.717) is 48.2 Å². The number of nitrogens with zero attached hydrogens (tertiary/aromatic N) is 2. The minimum absolute atomic E-state index is 0.0225. The number of fused-ring (bicyclic) bond motifs is 1. The van der Waals surface area contributed by atoms with Crippen LogP contribution in [0.1, 0.15) is 32.1 Å². The molecule has 1 N–H and O–H groups in total. The van der Waals surface area contributed by atoms with Crippen LogP contribution in [-0.4, -0.2) is 42.2 Å². The maximum absolute atomic E-state index is 13.5. The number of Topliss-reactive ketones (excluding diaryl/α,β-unsaturated/α-hetero) is 1. The zero-order valence-electron chi connectivity index (χ0n) is 18.3. The number of hydrogen-bond acceptors (Lipinski definition) is 7. The fourth-order valence-electron chi connectivity index (χ4n) is 3.48. The van der Waals surface area contributed by atoms with E-state index < -0.39 is 5.82 Å². The van der Waals surface area contributed by atoms with Crippen molar-refractivity contribution in [1.29, 1.82) is 0 Å². The Balaban J connectivity index is 1.38. The third kappa shape index (κ3) is 6.09. The molecular weight excluding hydrogens is 449 g/mol. The molecule has 0 bridgehead atoms. The van der Waals surface area contributed by atoms with E-state index >= 15 is 0 Å². The number of epoxide rings is 1.